The number of hydrogen-bond donors (Lipinski definition) is 0. The van der Waals surface area contributed by atoms with Crippen LogP contribution in [0.2, 0.25) is 0 Å². The Morgan fingerprint density at radius 1 is 1.21 bits per heavy atom. The molecule has 0 spiro atoms. The Morgan fingerprint density at radius 2 is 1.94 bits per heavy atom. The van der Waals surface area contributed by atoms with Gasteiger partial charge in [0.25, 0.3) is 5.92 Å². The molecule has 184 valence electrons. The minimum absolute atomic E-state index is 0.163. The second-order valence-corrected chi connectivity index (χ2v) is 10.5. The molecule has 0 bridgehead atoms. The summed E-state index contributed by atoms with van der Waals surface area (Å²) in [7, 11) is 0. The minimum atomic E-state index is -4.33. The van der Waals surface area contributed by atoms with Gasteiger partial charge in [-0.3, -0.25) is 9.69 Å². The molecule has 2 fully saturated rings. The predicted octanol–water partition coefficient (Wildman–Crippen LogP) is 5.09. The van der Waals surface area contributed by atoms with E-state index in [9.17, 15) is 26.7 Å². The maximum absolute atomic E-state index is 13.1. The van der Waals surface area contributed by atoms with Gasteiger partial charge in [0, 0.05) is 30.6 Å². The van der Waals surface area contributed by atoms with E-state index in [1.54, 1.807) is 22.5 Å². The van der Waals surface area contributed by atoms with Crippen molar-refractivity contribution in [1.29, 1.82) is 0 Å². The molecular weight excluding hydrogens is 463 g/mol. The van der Waals surface area contributed by atoms with E-state index in [0.29, 0.717) is 11.0 Å². The molecule has 11 heteroatoms. The van der Waals surface area contributed by atoms with Crippen molar-refractivity contribution in [3.05, 3.63) is 10.6 Å². The smallest absolute Gasteiger partial charge is 0.336 e. The highest BCUT2D eigenvalue weighted by Crippen LogP contribution is 2.37. The standard InChI is InChI=1S/C22H29F5N4OS/c23-21(24)13-31(14-21)20-29-17-12-30(10-7-18(17)33-20)9-6-15-1-3-16(4-2-15)11-28-19(32)5-8-22(25,26)27/h11,15-16H,1-10,12-14H2. The lowest BCUT2D eigenvalue weighted by molar-refractivity contribution is -0.142. The van der Waals surface area contributed by atoms with E-state index >= 15 is 0 Å². The second-order valence-electron chi connectivity index (χ2n) is 9.46. The number of aromatic nitrogens is 1. The quantitative estimate of drug-likeness (QED) is 0.393. The van der Waals surface area contributed by atoms with E-state index in [1.807, 2.05) is 0 Å². The van der Waals surface area contributed by atoms with Gasteiger partial charge >= 0.3 is 6.18 Å². The van der Waals surface area contributed by atoms with Crippen molar-refractivity contribution < 1.29 is 26.7 Å². The van der Waals surface area contributed by atoms with Crippen LogP contribution in [-0.2, 0) is 17.8 Å². The monoisotopic (exact) mass is 492 g/mol. The number of amides is 1. The van der Waals surface area contributed by atoms with Crippen LogP contribution in [0.1, 0.15) is 55.5 Å². The number of carbonyl (C=O) groups is 1. The van der Waals surface area contributed by atoms with Gasteiger partial charge in [-0.25, -0.2) is 18.8 Å². The Hall–Kier alpha value is -1.62. The number of thiazole rings is 1. The average molecular weight is 493 g/mol. The van der Waals surface area contributed by atoms with Crippen molar-refractivity contribution >= 4 is 28.6 Å². The first kappa shape index (κ1) is 24.5. The Balaban J connectivity index is 1.15. The van der Waals surface area contributed by atoms with Gasteiger partial charge in [-0.15, -0.1) is 11.3 Å². The molecule has 1 aliphatic carbocycles. The lowest BCUT2D eigenvalue weighted by Crippen LogP contribution is -2.56. The van der Waals surface area contributed by atoms with E-state index in [2.05, 4.69) is 14.9 Å². The Kier molecular flexibility index (Phi) is 7.38. The van der Waals surface area contributed by atoms with Crippen LogP contribution in [0.4, 0.5) is 27.1 Å². The molecule has 0 N–H and O–H groups in total. The summed E-state index contributed by atoms with van der Waals surface area (Å²) in [4.78, 5) is 25.1. The van der Waals surface area contributed by atoms with E-state index < -0.39 is 30.8 Å². The molecular formula is C22H29F5N4OS. The first-order valence-electron chi connectivity index (χ1n) is 11.5. The van der Waals surface area contributed by atoms with Crippen LogP contribution in [0.15, 0.2) is 4.99 Å². The molecule has 1 aromatic rings. The van der Waals surface area contributed by atoms with Crippen LogP contribution in [0.3, 0.4) is 0 Å². The fraction of sp³-hybridized carbons (Fsp3) is 0.773. The Bertz CT molecular complexity index is 855. The van der Waals surface area contributed by atoms with E-state index in [-0.39, 0.29) is 19.0 Å². The highest BCUT2D eigenvalue weighted by Gasteiger charge is 2.45. The lowest BCUT2D eigenvalue weighted by atomic mass is 9.81. The van der Waals surface area contributed by atoms with Crippen molar-refractivity contribution in [2.24, 2.45) is 16.8 Å². The molecule has 1 aromatic heterocycles. The maximum Gasteiger partial charge on any atom is 0.389 e. The molecule has 33 heavy (non-hydrogen) atoms. The number of hydrogen-bond acceptors (Lipinski definition) is 5. The third-order valence-corrected chi connectivity index (χ3v) is 7.93. The maximum atomic E-state index is 13.1. The number of anilines is 1. The van der Waals surface area contributed by atoms with Crippen molar-refractivity contribution in [2.45, 2.75) is 70.0 Å². The summed E-state index contributed by atoms with van der Waals surface area (Å²) in [6, 6.07) is 0. The molecule has 0 aromatic carbocycles. The zero-order valence-electron chi connectivity index (χ0n) is 18.4. The molecule has 2 aliphatic heterocycles. The topological polar surface area (TPSA) is 48.8 Å². The summed E-state index contributed by atoms with van der Waals surface area (Å²) >= 11 is 1.54. The summed E-state index contributed by atoms with van der Waals surface area (Å²) in [5, 5.41) is 0.713. The molecule has 5 nitrogen and oxygen atoms in total. The highest BCUT2D eigenvalue weighted by atomic mass is 32.1. The SMILES string of the molecule is O=C(CCC(F)(F)F)N=CC1CCC(CCN2CCc3sc(N4CC(F)(F)C4)nc3C2)CC1. The van der Waals surface area contributed by atoms with Gasteiger partial charge in [0.1, 0.15) is 0 Å². The highest BCUT2D eigenvalue weighted by molar-refractivity contribution is 7.15. The van der Waals surface area contributed by atoms with Crippen LogP contribution in [0.5, 0.6) is 0 Å². The molecule has 0 radical (unpaired) electrons. The Labute approximate surface area is 194 Å². The van der Waals surface area contributed by atoms with Gasteiger partial charge in [0.05, 0.1) is 25.2 Å². The summed E-state index contributed by atoms with van der Waals surface area (Å²) in [6.07, 6.45) is 1.35. The normalized spacial score (nSPS) is 25.8. The number of aliphatic imine (C=N–C) groups is 1. The molecule has 1 saturated carbocycles. The van der Waals surface area contributed by atoms with E-state index in [1.165, 1.54) is 4.88 Å². The summed E-state index contributed by atoms with van der Waals surface area (Å²) in [6.45, 7) is 2.20. The molecule has 0 unspecified atom stereocenters. The number of alkyl halides is 5. The molecule has 1 saturated heterocycles. The molecule has 4 rings (SSSR count). The first-order chi connectivity index (χ1) is 15.6. The lowest BCUT2D eigenvalue weighted by Gasteiger charge is -2.38. The van der Waals surface area contributed by atoms with Gasteiger partial charge in [0.15, 0.2) is 5.13 Å². The zero-order valence-corrected chi connectivity index (χ0v) is 19.2. The minimum Gasteiger partial charge on any atom is -0.336 e. The number of rotatable bonds is 7. The fourth-order valence-electron chi connectivity index (χ4n) is 4.71. The predicted molar refractivity (Wildman–Crippen MR) is 117 cm³/mol. The van der Waals surface area contributed by atoms with Gasteiger partial charge in [-0.1, -0.05) is 0 Å². The van der Waals surface area contributed by atoms with Gasteiger partial charge < -0.3 is 4.90 Å². The van der Waals surface area contributed by atoms with E-state index in [0.717, 1.165) is 63.9 Å². The largest absolute Gasteiger partial charge is 0.389 e. The van der Waals surface area contributed by atoms with E-state index in [4.69, 9.17) is 0 Å². The van der Waals surface area contributed by atoms with Crippen LogP contribution >= 0.6 is 11.3 Å². The van der Waals surface area contributed by atoms with Crippen molar-refractivity contribution in [2.75, 3.05) is 31.1 Å². The number of fused-ring (bicyclic) bond motifs is 1. The van der Waals surface area contributed by atoms with Gasteiger partial charge in [-0.05, 0) is 56.9 Å². The number of halogens is 5. The summed E-state index contributed by atoms with van der Waals surface area (Å²) in [5.41, 5.74) is 1.02. The summed E-state index contributed by atoms with van der Waals surface area (Å²) in [5.74, 6) is -2.54. The van der Waals surface area contributed by atoms with Gasteiger partial charge in [0.2, 0.25) is 5.91 Å². The van der Waals surface area contributed by atoms with Crippen LogP contribution < -0.4 is 4.90 Å². The number of nitrogens with zero attached hydrogens (tertiary/aromatic N) is 4. The molecule has 3 aliphatic rings. The van der Waals surface area contributed by atoms with Crippen molar-refractivity contribution in [1.82, 2.24) is 9.88 Å². The zero-order chi connectivity index (χ0) is 23.6. The molecule has 0 atom stereocenters. The second kappa shape index (κ2) is 9.93. The third-order valence-electron chi connectivity index (χ3n) is 6.71. The Morgan fingerprint density at radius 3 is 2.61 bits per heavy atom. The average Bonchev–Trinajstić information content (AvgIpc) is 3.16. The van der Waals surface area contributed by atoms with Crippen LogP contribution in [0, 0.1) is 11.8 Å². The fourth-order valence-corrected chi connectivity index (χ4v) is 5.76. The summed E-state index contributed by atoms with van der Waals surface area (Å²) < 4.78 is 62.8. The molecule has 1 amide bonds. The van der Waals surface area contributed by atoms with Crippen molar-refractivity contribution in [3.8, 4) is 0 Å². The van der Waals surface area contributed by atoms with Crippen molar-refractivity contribution in [3.63, 3.8) is 0 Å². The van der Waals surface area contributed by atoms with Crippen LogP contribution in [-0.4, -0.2) is 60.3 Å². The molecule has 3 heterocycles. The first-order valence-corrected chi connectivity index (χ1v) is 12.4. The van der Waals surface area contributed by atoms with Crippen LogP contribution in [0.25, 0.3) is 0 Å². The van der Waals surface area contributed by atoms with Gasteiger partial charge in [-0.2, -0.15) is 13.2 Å². The third kappa shape index (κ3) is 6.94. The number of carbonyl (C=O) groups excluding carboxylic acids is 1.